The molecular formula is C22H30IN5O2. The molecule has 8 heteroatoms. The number of anilines is 1. The van der Waals surface area contributed by atoms with Crippen molar-refractivity contribution in [3.8, 4) is 11.5 Å². The van der Waals surface area contributed by atoms with Crippen molar-refractivity contribution in [3.05, 3.63) is 48.3 Å². The lowest BCUT2D eigenvalue weighted by molar-refractivity contribution is 0.355. The summed E-state index contributed by atoms with van der Waals surface area (Å²) in [5.74, 6) is 3.15. The Morgan fingerprint density at radius 2 is 1.87 bits per heavy atom. The smallest absolute Gasteiger partial charge is 0.195 e. The van der Waals surface area contributed by atoms with Gasteiger partial charge in [-0.05, 0) is 44.5 Å². The minimum Gasteiger partial charge on any atom is -0.493 e. The van der Waals surface area contributed by atoms with Gasteiger partial charge in [0.15, 0.2) is 17.5 Å². The summed E-state index contributed by atoms with van der Waals surface area (Å²) in [6.07, 6.45) is 0.920. The summed E-state index contributed by atoms with van der Waals surface area (Å²) < 4.78 is 12.9. The number of fused-ring (bicyclic) bond motifs is 1. The van der Waals surface area contributed by atoms with E-state index in [1.807, 2.05) is 44.2 Å². The number of nitrogens with zero attached hydrogens (tertiary/aromatic N) is 3. The summed E-state index contributed by atoms with van der Waals surface area (Å²) in [5.41, 5.74) is 3.10. The molecule has 3 aromatic rings. The van der Waals surface area contributed by atoms with Crippen LogP contribution < -0.4 is 20.1 Å². The molecule has 0 radical (unpaired) electrons. The van der Waals surface area contributed by atoms with Crippen molar-refractivity contribution in [1.29, 1.82) is 0 Å². The van der Waals surface area contributed by atoms with Gasteiger partial charge in [0.05, 0.1) is 25.3 Å². The quantitative estimate of drug-likeness (QED) is 0.198. The number of imidazole rings is 1. The summed E-state index contributed by atoms with van der Waals surface area (Å²) in [7, 11) is 3.25. The first-order valence-electron chi connectivity index (χ1n) is 9.85. The first-order chi connectivity index (χ1) is 14.2. The summed E-state index contributed by atoms with van der Waals surface area (Å²) in [4.78, 5) is 9.33. The van der Waals surface area contributed by atoms with E-state index in [4.69, 9.17) is 14.5 Å². The molecule has 7 nitrogen and oxygen atoms in total. The zero-order chi connectivity index (χ0) is 20.6. The fourth-order valence-electron chi connectivity index (χ4n) is 3.26. The SMILES string of the molecule is CCNC(=NCCCn1c(C)nc2ccccc21)Nc1ccc(OC)c(OC)c1.I. The molecule has 0 saturated carbocycles. The molecule has 0 aliphatic rings. The van der Waals surface area contributed by atoms with Gasteiger partial charge in [0.2, 0.25) is 0 Å². The third kappa shape index (κ3) is 5.78. The van der Waals surface area contributed by atoms with E-state index in [-0.39, 0.29) is 24.0 Å². The van der Waals surface area contributed by atoms with Crippen molar-refractivity contribution in [2.45, 2.75) is 26.8 Å². The largest absolute Gasteiger partial charge is 0.493 e. The predicted octanol–water partition coefficient (Wildman–Crippen LogP) is 4.45. The maximum atomic E-state index is 5.37. The molecule has 0 unspecified atom stereocenters. The average molecular weight is 523 g/mol. The number of nitrogens with one attached hydrogen (secondary N) is 2. The van der Waals surface area contributed by atoms with Gasteiger partial charge in [-0.3, -0.25) is 4.99 Å². The maximum absolute atomic E-state index is 5.37. The van der Waals surface area contributed by atoms with E-state index in [1.54, 1.807) is 14.2 Å². The first kappa shape index (κ1) is 23.8. The number of hydrogen-bond acceptors (Lipinski definition) is 4. The fraction of sp³-hybridized carbons (Fsp3) is 0.364. The van der Waals surface area contributed by atoms with Gasteiger partial charge in [-0.2, -0.15) is 0 Å². The van der Waals surface area contributed by atoms with Crippen LogP contribution in [0.5, 0.6) is 11.5 Å². The van der Waals surface area contributed by atoms with Crippen LogP contribution in [0.25, 0.3) is 11.0 Å². The number of ether oxygens (including phenoxy) is 2. The van der Waals surface area contributed by atoms with Crippen LogP contribution in [0.15, 0.2) is 47.5 Å². The summed E-state index contributed by atoms with van der Waals surface area (Å²) >= 11 is 0. The average Bonchev–Trinajstić information content (AvgIpc) is 3.06. The van der Waals surface area contributed by atoms with E-state index in [1.165, 1.54) is 5.52 Å². The number of aliphatic imine (C=N–C) groups is 1. The summed E-state index contributed by atoms with van der Waals surface area (Å²) in [6.45, 7) is 6.46. The molecule has 3 rings (SSSR count). The van der Waals surface area contributed by atoms with Gasteiger partial charge in [0, 0.05) is 31.4 Å². The van der Waals surface area contributed by atoms with Gasteiger partial charge >= 0.3 is 0 Å². The van der Waals surface area contributed by atoms with Crippen LogP contribution >= 0.6 is 24.0 Å². The molecule has 1 heterocycles. The molecule has 0 fully saturated rings. The third-order valence-corrected chi connectivity index (χ3v) is 4.65. The highest BCUT2D eigenvalue weighted by Gasteiger charge is 2.07. The van der Waals surface area contributed by atoms with E-state index >= 15 is 0 Å². The van der Waals surface area contributed by atoms with E-state index in [9.17, 15) is 0 Å². The summed E-state index contributed by atoms with van der Waals surface area (Å²) in [5, 5.41) is 6.60. The fourth-order valence-corrected chi connectivity index (χ4v) is 3.26. The molecule has 0 saturated heterocycles. The van der Waals surface area contributed by atoms with Crippen molar-refractivity contribution in [3.63, 3.8) is 0 Å². The van der Waals surface area contributed by atoms with E-state index < -0.39 is 0 Å². The van der Waals surface area contributed by atoms with Crippen LogP contribution in [-0.2, 0) is 6.54 Å². The van der Waals surface area contributed by atoms with E-state index in [0.717, 1.165) is 42.5 Å². The number of rotatable bonds is 8. The van der Waals surface area contributed by atoms with Crippen LogP contribution in [0.3, 0.4) is 0 Å². The lowest BCUT2D eigenvalue weighted by Gasteiger charge is -2.14. The van der Waals surface area contributed by atoms with Gasteiger partial charge in [-0.1, -0.05) is 12.1 Å². The molecule has 1 aromatic heterocycles. The zero-order valence-electron chi connectivity index (χ0n) is 17.9. The second kappa shape index (κ2) is 11.6. The molecule has 0 aliphatic heterocycles. The molecule has 30 heavy (non-hydrogen) atoms. The number of hydrogen-bond donors (Lipinski definition) is 2. The Morgan fingerprint density at radius 3 is 2.60 bits per heavy atom. The van der Waals surface area contributed by atoms with E-state index in [2.05, 4.69) is 32.3 Å². The van der Waals surface area contributed by atoms with Crippen molar-refractivity contribution >= 4 is 46.7 Å². The van der Waals surface area contributed by atoms with Crippen LogP contribution in [-0.4, -0.2) is 42.8 Å². The Labute approximate surface area is 194 Å². The number of aromatic nitrogens is 2. The molecular weight excluding hydrogens is 493 g/mol. The Morgan fingerprint density at radius 1 is 1.10 bits per heavy atom. The highest BCUT2D eigenvalue weighted by Crippen LogP contribution is 2.29. The molecule has 0 aliphatic carbocycles. The Hall–Kier alpha value is -2.49. The number of benzene rings is 2. The highest BCUT2D eigenvalue weighted by atomic mass is 127. The molecule has 2 aromatic carbocycles. The third-order valence-electron chi connectivity index (χ3n) is 4.65. The van der Waals surface area contributed by atoms with Crippen LogP contribution in [0.4, 0.5) is 5.69 Å². The minimum atomic E-state index is 0. The second-order valence-corrected chi connectivity index (χ2v) is 6.61. The summed E-state index contributed by atoms with van der Waals surface area (Å²) in [6, 6.07) is 13.9. The Bertz CT molecular complexity index is 987. The standard InChI is InChI=1S/C22H29N5O2.HI/c1-5-23-22(26-17-11-12-20(28-3)21(15-17)29-4)24-13-8-14-27-16(2)25-18-9-6-7-10-19(18)27;/h6-7,9-12,15H,5,8,13-14H2,1-4H3,(H2,23,24,26);1H. The minimum absolute atomic E-state index is 0. The van der Waals surface area contributed by atoms with Gasteiger partial charge in [-0.25, -0.2) is 4.98 Å². The normalized spacial score (nSPS) is 11.1. The van der Waals surface area contributed by atoms with Crippen LogP contribution in [0, 0.1) is 6.92 Å². The molecule has 0 amide bonds. The van der Waals surface area contributed by atoms with Crippen molar-refractivity contribution in [2.24, 2.45) is 4.99 Å². The number of methoxy groups -OCH3 is 2. The molecule has 162 valence electrons. The Kier molecular flexibility index (Phi) is 9.22. The molecule has 2 N–H and O–H groups in total. The van der Waals surface area contributed by atoms with Gasteiger partial charge in [0.1, 0.15) is 5.82 Å². The number of para-hydroxylation sites is 2. The van der Waals surface area contributed by atoms with Crippen LogP contribution in [0.1, 0.15) is 19.2 Å². The highest BCUT2D eigenvalue weighted by molar-refractivity contribution is 14.0. The molecule has 0 bridgehead atoms. The molecule has 0 atom stereocenters. The van der Waals surface area contributed by atoms with E-state index in [0.29, 0.717) is 18.0 Å². The molecule has 0 spiro atoms. The number of aryl methyl sites for hydroxylation is 2. The topological polar surface area (TPSA) is 72.7 Å². The number of halogens is 1. The van der Waals surface area contributed by atoms with Gasteiger partial charge < -0.3 is 24.7 Å². The lowest BCUT2D eigenvalue weighted by atomic mass is 10.2. The van der Waals surface area contributed by atoms with Crippen molar-refractivity contribution in [1.82, 2.24) is 14.9 Å². The van der Waals surface area contributed by atoms with Crippen molar-refractivity contribution < 1.29 is 9.47 Å². The van der Waals surface area contributed by atoms with Crippen molar-refractivity contribution in [2.75, 3.05) is 32.6 Å². The monoisotopic (exact) mass is 523 g/mol. The maximum Gasteiger partial charge on any atom is 0.195 e. The number of guanidine groups is 1. The van der Waals surface area contributed by atoms with Gasteiger partial charge in [0.25, 0.3) is 0 Å². The van der Waals surface area contributed by atoms with Gasteiger partial charge in [-0.15, -0.1) is 24.0 Å². The second-order valence-electron chi connectivity index (χ2n) is 6.61. The first-order valence-corrected chi connectivity index (χ1v) is 9.85. The lowest BCUT2D eigenvalue weighted by Crippen LogP contribution is -2.30. The van der Waals surface area contributed by atoms with Crippen LogP contribution in [0.2, 0.25) is 0 Å². The predicted molar refractivity (Wildman–Crippen MR) is 134 cm³/mol. The zero-order valence-corrected chi connectivity index (χ0v) is 20.3. The Balaban J connectivity index is 0.00000320.